The molecule has 0 spiro atoms. The van der Waals surface area contributed by atoms with Crippen molar-refractivity contribution in [1.29, 1.82) is 0 Å². The number of carbonyl (C=O) groups is 1. The number of piperidine rings is 1. The molecule has 0 saturated carbocycles. The maximum absolute atomic E-state index is 13.2. The van der Waals surface area contributed by atoms with Crippen molar-refractivity contribution in [2.45, 2.75) is 57.7 Å². The minimum atomic E-state index is -2.67. The van der Waals surface area contributed by atoms with Crippen LogP contribution in [-0.2, 0) is 4.65 Å². The SMILES string of the molecule is CC(C)(O)C(C)(C)O[B]c1ccc(C(=O)N2CCC(F)(F)CC2)cc1. The van der Waals surface area contributed by atoms with Crippen LogP contribution in [0.25, 0.3) is 0 Å². The van der Waals surface area contributed by atoms with Gasteiger partial charge < -0.3 is 14.7 Å². The number of alkyl halides is 2. The molecule has 0 unspecified atom stereocenters. The van der Waals surface area contributed by atoms with Crippen LogP contribution in [0.3, 0.4) is 0 Å². The highest BCUT2D eigenvalue weighted by Crippen LogP contribution is 2.28. The molecule has 4 nitrogen and oxygen atoms in total. The Kier molecular flexibility index (Phi) is 5.59. The van der Waals surface area contributed by atoms with Crippen molar-refractivity contribution in [3.8, 4) is 0 Å². The first kappa shape index (κ1) is 19.9. The third kappa shape index (κ3) is 5.01. The summed E-state index contributed by atoms with van der Waals surface area (Å²) in [5.74, 6) is -2.90. The Bertz CT molecular complexity index is 602. The van der Waals surface area contributed by atoms with Crippen LogP contribution in [0.15, 0.2) is 24.3 Å². The molecule has 1 aliphatic rings. The summed E-state index contributed by atoms with van der Waals surface area (Å²) in [6.45, 7) is 7.06. The van der Waals surface area contributed by atoms with Crippen molar-refractivity contribution in [1.82, 2.24) is 4.90 Å². The molecule has 1 radical (unpaired) electrons. The molecular formula is C18H25BF2NO3. The van der Waals surface area contributed by atoms with Crippen LogP contribution >= 0.6 is 0 Å². The van der Waals surface area contributed by atoms with E-state index in [0.717, 1.165) is 5.46 Å². The van der Waals surface area contributed by atoms with E-state index in [2.05, 4.69) is 0 Å². The molecule has 7 heteroatoms. The van der Waals surface area contributed by atoms with Gasteiger partial charge >= 0.3 is 7.48 Å². The molecule has 25 heavy (non-hydrogen) atoms. The minimum absolute atomic E-state index is 0.0720. The number of carbonyl (C=O) groups excluding carboxylic acids is 1. The fourth-order valence-electron chi connectivity index (χ4n) is 2.28. The van der Waals surface area contributed by atoms with E-state index in [1.807, 2.05) is 0 Å². The Hall–Kier alpha value is -1.47. The van der Waals surface area contributed by atoms with Crippen LogP contribution in [0, 0.1) is 0 Å². The normalized spacial score (nSPS) is 18.1. The predicted octanol–water partition coefficient (Wildman–Crippen LogP) is 2.37. The first-order chi connectivity index (χ1) is 11.4. The lowest BCUT2D eigenvalue weighted by atomic mass is 9.82. The van der Waals surface area contributed by atoms with Gasteiger partial charge in [0.1, 0.15) is 0 Å². The molecule has 137 valence electrons. The number of benzene rings is 1. The highest BCUT2D eigenvalue weighted by atomic mass is 19.3. The largest absolute Gasteiger partial charge is 0.427 e. The summed E-state index contributed by atoms with van der Waals surface area (Å²) in [4.78, 5) is 13.8. The molecule has 1 fully saturated rings. The summed E-state index contributed by atoms with van der Waals surface area (Å²) in [7, 11) is 1.54. The highest BCUT2D eigenvalue weighted by Gasteiger charge is 2.36. The zero-order valence-electron chi connectivity index (χ0n) is 15.2. The number of rotatable bonds is 5. The van der Waals surface area contributed by atoms with Gasteiger partial charge in [0, 0.05) is 31.5 Å². The zero-order chi connectivity index (χ0) is 18.9. The number of hydrogen-bond donors (Lipinski definition) is 1. The quantitative estimate of drug-likeness (QED) is 0.828. The van der Waals surface area contributed by atoms with E-state index in [9.17, 15) is 18.7 Å². The third-order valence-electron chi connectivity index (χ3n) is 4.90. The number of amides is 1. The predicted molar refractivity (Wildman–Crippen MR) is 93.4 cm³/mol. The first-order valence-corrected chi connectivity index (χ1v) is 8.42. The van der Waals surface area contributed by atoms with Gasteiger partial charge in [-0.25, -0.2) is 8.78 Å². The monoisotopic (exact) mass is 352 g/mol. The standard InChI is InChI=1S/C18H25BF2NO3/c1-16(2,24)17(3,4)25-19-14-7-5-13(6-8-14)15(23)22-11-9-18(20,21)10-12-22/h5-8,24H,9-12H2,1-4H3. The molecule has 1 heterocycles. The Morgan fingerprint density at radius 1 is 1.16 bits per heavy atom. The molecule has 0 aliphatic carbocycles. The second-order valence-corrected chi connectivity index (χ2v) is 7.58. The first-order valence-electron chi connectivity index (χ1n) is 8.42. The van der Waals surface area contributed by atoms with Gasteiger partial charge in [-0.15, -0.1) is 0 Å². The highest BCUT2D eigenvalue weighted by molar-refractivity contribution is 6.47. The molecule has 0 atom stereocenters. The van der Waals surface area contributed by atoms with Crippen molar-refractivity contribution < 1.29 is 23.3 Å². The topological polar surface area (TPSA) is 49.8 Å². The molecule has 2 rings (SSSR count). The Balaban J connectivity index is 1.95. The molecule has 1 N–H and O–H groups in total. The van der Waals surface area contributed by atoms with Crippen LogP contribution in [0.1, 0.15) is 50.9 Å². The second-order valence-electron chi connectivity index (χ2n) is 7.58. The molecular weight excluding hydrogens is 327 g/mol. The van der Waals surface area contributed by atoms with Gasteiger partial charge in [0.2, 0.25) is 0 Å². The van der Waals surface area contributed by atoms with E-state index >= 15 is 0 Å². The fourth-order valence-corrected chi connectivity index (χ4v) is 2.28. The molecule has 1 aliphatic heterocycles. The van der Waals surface area contributed by atoms with E-state index in [0.29, 0.717) is 5.56 Å². The summed E-state index contributed by atoms with van der Waals surface area (Å²) in [5, 5.41) is 10.1. The Labute approximate surface area is 148 Å². The van der Waals surface area contributed by atoms with Gasteiger partial charge in [-0.3, -0.25) is 4.79 Å². The van der Waals surface area contributed by atoms with Gasteiger partial charge in [0.05, 0.1) is 11.2 Å². The maximum atomic E-state index is 13.2. The van der Waals surface area contributed by atoms with Crippen LogP contribution in [0.4, 0.5) is 8.78 Å². The fraction of sp³-hybridized carbons (Fsp3) is 0.611. The van der Waals surface area contributed by atoms with Crippen molar-refractivity contribution in [2.75, 3.05) is 13.1 Å². The lowest BCUT2D eigenvalue weighted by Gasteiger charge is -2.37. The molecule has 0 bridgehead atoms. The average Bonchev–Trinajstić information content (AvgIpc) is 2.52. The third-order valence-corrected chi connectivity index (χ3v) is 4.90. The lowest BCUT2D eigenvalue weighted by molar-refractivity contribution is -0.0893. The number of hydrogen-bond acceptors (Lipinski definition) is 3. The lowest BCUT2D eigenvalue weighted by Crippen LogP contribution is -2.49. The van der Waals surface area contributed by atoms with Gasteiger partial charge in [0.25, 0.3) is 11.8 Å². The summed E-state index contributed by atoms with van der Waals surface area (Å²) >= 11 is 0. The smallest absolute Gasteiger partial charge is 0.330 e. The van der Waals surface area contributed by atoms with Crippen molar-refractivity contribution >= 4 is 18.9 Å². The molecule has 0 aromatic heterocycles. The molecule has 1 aromatic rings. The van der Waals surface area contributed by atoms with E-state index in [4.69, 9.17) is 4.65 Å². The van der Waals surface area contributed by atoms with Crippen molar-refractivity contribution in [2.24, 2.45) is 0 Å². The van der Waals surface area contributed by atoms with Gasteiger partial charge in [-0.05, 0) is 39.8 Å². The number of nitrogens with zero attached hydrogens (tertiary/aromatic N) is 1. The summed E-state index contributed by atoms with van der Waals surface area (Å²) in [5.41, 5.74) is -0.584. The average molecular weight is 352 g/mol. The van der Waals surface area contributed by atoms with E-state index < -0.39 is 17.1 Å². The maximum Gasteiger partial charge on any atom is 0.330 e. The van der Waals surface area contributed by atoms with Crippen molar-refractivity contribution in [3.05, 3.63) is 29.8 Å². The Morgan fingerprint density at radius 2 is 1.68 bits per heavy atom. The van der Waals surface area contributed by atoms with Crippen LogP contribution in [-0.4, -0.2) is 53.6 Å². The van der Waals surface area contributed by atoms with Crippen LogP contribution in [0.2, 0.25) is 0 Å². The van der Waals surface area contributed by atoms with Crippen molar-refractivity contribution in [3.63, 3.8) is 0 Å². The van der Waals surface area contributed by atoms with Crippen LogP contribution < -0.4 is 5.46 Å². The number of likely N-dealkylation sites (tertiary alicyclic amines) is 1. The number of halogens is 2. The summed E-state index contributed by atoms with van der Waals surface area (Å²) in [6, 6.07) is 6.77. The summed E-state index contributed by atoms with van der Waals surface area (Å²) in [6.07, 6.45) is -0.574. The number of aliphatic hydroxyl groups is 1. The van der Waals surface area contributed by atoms with Crippen LogP contribution in [0.5, 0.6) is 0 Å². The van der Waals surface area contributed by atoms with Gasteiger partial charge in [-0.2, -0.15) is 0 Å². The minimum Gasteiger partial charge on any atom is -0.427 e. The molecule has 1 aromatic carbocycles. The van der Waals surface area contributed by atoms with Gasteiger partial charge in [0.15, 0.2) is 0 Å². The molecule has 1 saturated heterocycles. The summed E-state index contributed by atoms with van der Waals surface area (Å²) < 4.78 is 32.0. The molecule has 1 amide bonds. The van der Waals surface area contributed by atoms with E-state index in [1.165, 1.54) is 12.4 Å². The van der Waals surface area contributed by atoms with E-state index in [1.54, 1.807) is 52.0 Å². The zero-order valence-corrected chi connectivity index (χ0v) is 15.2. The second kappa shape index (κ2) is 7.04. The van der Waals surface area contributed by atoms with Gasteiger partial charge in [-0.1, -0.05) is 17.6 Å². The van der Waals surface area contributed by atoms with E-state index in [-0.39, 0.29) is 31.8 Å². The Morgan fingerprint density at radius 3 is 2.16 bits per heavy atom.